The number of benzene rings is 3. The number of fused-ring (bicyclic) bond motifs is 2. The van der Waals surface area contributed by atoms with Crippen LogP contribution in [0.25, 0.3) is 32.9 Å². The minimum atomic E-state index is -4.11. The Morgan fingerprint density at radius 1 is 0.902 bits per heavy atom. The smallest absolute Gasteiger partial charge is 0.407 e. The third-order valence-electron chi connectivity index (χ3n) is 12.8. The van der Waals surface area contributed by atoms with E-state index in [9.17, 15) is 28.2 Å². The molecule has 1 amide bonds. The topological polar surface area (TPSA) is 163 Å². The number of aliphatic hydroxyl groups excluding tert-OH is 1. The first-order valence-electron chi connectivity index (χ1n) is 21.0. The molecule has 14 nitrogen and oxygen atoms in total. The summed E-state index contributed by atoms with van der Waals surface area (Å²) >= 11 is 0. The molecule has 2 aliphatic heterocycles. The fourth-order valence-corrected chi connectivity index (χ4v) is 10.6. The molecule has 3 fully saturated rings. The number of piperazine rings is 1. The number of hydrogen-bond acceptors (Lipinski definition) is 10. The van der Waals surface area contributed by atoms with Gasteiger partial charge in [0, 0.05) is 80.1 Å². The van der Waals surface area contributed by atoms with E-state index in [1.165, 1.54) is 15.7 Å². The average molecular weight is 846 g/mol. The number of aliphatic hydroxyl groups is 1. The van der Waals surface area contributed by atoms with Crippen LogP contribution in [-0.4, -0.2) is 110 Å². The molecule has 0 unspecified atom stereocenters. The molecule has 0 radical (unpaired) electrons. The Kier molecular flexibility index (Phi) is 10.5. The zero-order valence-corrected chi connectivity index (χ0v) is 35.6. The molecule has 5 heterocycles. The first-order valence-corrected chi connectivity index (χ1v) is 22.4. The van der Waals surface area contributed by atoms with Crippen LogP contribution in [0.5, 0.6) is 0 Å². The van der Waals surface area contributed by atoms with Gasteiger partial charge in [0.05, 0.1) is 28.8 Å². The van der Waals surface area contributed by atoms with Crippen LogP contribution < -0.4 is 10.5 Å². The molecular formula is C46H51N7O7S. The molecule has 3 atom stereocenters. The van der Waals surface area contributed by atoms with Crippen molar-refractivity contribution in [3.63, 3.8) is 0 Å². The number of carboxylic acid groups (broad SMARTS) is 1. The summed E-state index contributed by atoms with van der Waals surface area (Å²) in [5.74, 6) is 0.529. The van der Waals surface area contributed by atoms with Crippen LogP contribution in [0.4, 0.5) is 10.7 Å². The van der Waals surface area contributed by atoms with Crippen LogP contribution in [0, 0.1) is 6.92 Å². The van der Waals surface area contributed by atoms with Gasteiger partial charge in [-0.05, 0) is 87.9 Å². The van der Waals surface area contributed by atoms with E-state index in [0.29, 0.717) is 65.2 Å². The standard InChI is InChI=1S/C46H51N7O7S/c1-29-10-15-36(16-11-29)61(58,59)53-23-20-37-39(27-49(4)43(55)41(37)53)32-12-17-40-38(24-32)42(46(28-54,60-35-13-14-35)33-8-6-5-7-9-33)48-44(47-40)50-21-18-34(19-22-50)51-25-31(3)52(45(56)57)26-30(51)2/h5-12,15-17,20,23-24,27,30-31,34-35,54H,13-14,18-19,21-22,25-26,28H2,1-4H3,(H,56,57)/t30-,31+,46-/m0/s1. The molecule has 9 rings (SSSR count). The molecule has 2 N–H and O–H groups in total. The molecule has 0 bridgehead atoms. The van der Waals surface area contributed by atoms with Gasteiger partial charge in [-0.1, -0.05) is 54.1 Å². The van der Waals surface area contributed by atoms with Crippen molar-refractivity contribution in [3.8, 4) is 11.1 Å². The minimum absolute atomic E-state index is 0.0366. The number of aryl methyl sites for hydroxylation is 2. The van der Waals surface area contributed by atoms with Gasteiger partial charge in [-0.2, -0.15) is 0 Å². The third kappa shape index (κ3) is 7.26. The van der Waals surface area contributed by atoms with Crippen molar-refractivity contribution in [2.24, 2.45) is 7.05 Å². The molecule has 318 valence electrons. The molecule has 15 heteroatoms. The summed E-state index contributed by atoms with van der Waals surface area (Å²) in [7, 11) is -2.50. The van der Waals surface area contributed by atoms with E-state index in [-0.39, 0.29) is 41.2 Å². The Labute approximate surface area is 354 Å². The van der Waals surface area contributed by atoms with Gasteiger partial charge in [-0.25, -0.2) is 27.2 Å². The van der Waals surface area contributed by atoms with Crippen LogP contribution >= 0.6 is 0 Å². The molecule has 1 aliphatic carbocycles. The first kappa shape index (κ1) is 40.8. The Morgan fingerprint density at radius 3 is 2.30 bits per heavy atom. The zero-order valence-electron chi connectivity index (χ0n) is 34.8. The van der Waals surface area contributed by atoms with Gasteiger partial charge >= 0.3 is 6.09 Å². The van der Waals surface area contributed by atoms with Crippen LogP contribution in [0.2, 0.25) is 0 Å². The van der Waals surface area contributed by atoms with Crippen molar-refractivity contribution in [2.45, 2.75) is 81.2 Å². The monoisotopic (exact) mass is 845 g/mol. The first-order chi connectivity index (χ1) is 29.3. The average Bonchev–Trinajstić information content (AvgIpc) is 3.97. The second-order valence-corrected chi connectivity index (χ2v) is 18.8. The highest BCUT2D eigenvalue weighted by Gasteiger charge is 2.44. The van der Waals surface area contributed by atoms with Gasteiger partial charge in [-0.3, -0.25) is 9.69 Å². The lowest BCUT2D eigenvalue weighted by Gasteiger charge is -2.48. The molecule has 6 aromatic rings. The van der Waals surface area contributed by atoms with E-state index in [4.69, 9.17) is 14.7 Å². The largest absolute Gasteiger partial charge is 0.465 e. The summed E-state index contributed by atoms with van der Waals surface area (Å²) in [4.78, 5) is 42.3. The van der Waals surface area contributed by atoms with Crippen molar-refractivity contribution >= 4 is 43.9 Å². The van der Waals surface area contributed by atoms with E-state index in [1.807, 2.05) is 62.4 Å². The number of piperidine rings is 1. The summed E-state index contributed by atoms with van der Waals surface area (Å²) in [5.41, 5.74) is 2.42. The molecule has 2 saturated heterocycles. The third-order valence-corrected chi connectivity index (χ3v) is 14.5. The van der Waals surface area contributed by atoms with E-state index in [2.05, 4.69) is 16.7 Å². The molecule has 3 aliphatic rings. The summed E-state index contributed by atoms with van der Waals surface area (Å²) in [6.07, 6.45) is 5.63. The lowest BCUT2D eigenvalue weighted by atomic mass is 9.87. The van der Waals surface area contributed by atoms with Crippen LogP contribution in [0.1, 0.15) is 56.4 Å². The Bertz CT molecular complexity index is 2800. The summed E-state index contributed by atoms with van der Waals surface area (Å²) in [5, 5.41) is 22.4. The fraction of sp³-hybridized carbons (Fsp3) is 0.391. The highest BCUT2D eigenvalue weighted by atomic mass is 32.2. The van der Waals surface area contributed by atoms with E-state index < -0.39 is 27.3 Å². The maximum Gasteiger partial charge on any atom is 0.407 e. The van der Waals surface area contributed by atoms with Gasteiger partial charge in [0.25, 0.3) is 15.6 Å². The predicted octanol–water partition coefficient (Wildman–Crippen LogP) is 5.95. The number of hydrogen-bond donors (Lipinski definition) is 2. The van der Waals surface area contributed by atoms with Crippen molar-refractivity contribution in [1.82, 2.24) is 28.3 Å². The molecule has 1 saturated carbocycles. The normalized spacial score (nSPS) is 20.3. The number of ether oxygens (including phenoxy) is 1. The van der Waals surface area contributed by atoms with Crippen molar-refractivity contribution < 1.29 is 28.2 Å². The quantitative estimate of drug-likeness (QED) is 0.168. The molecule has 0 spiro atoms. The number of pyridine rings is 1. The van der Waals surface area contributed by atoms with Gasteiger partial charge in [0.2, 0.25) is 5.95 Å². The molecule has 61 heavy (non-hydrogen) atoms. The SMILES string of the molecule is Cc1ccc(S(=O)(=O)n2ccc3c(-c4ccc5nc(N6CCC(N7C[C@@H](C)N(C(=O)O)C[C@@H]7C)CC6)nc([C@@](CO)(OC6CC6)c6ccccc6)c5c4)cn(C)c(=O)c32)cc1. The second kappa shape index (κ2) is 15.7. The van der Waals surface area contributed by atoms with Crippen LogP contribution in [-0.2, 0) is 27.4 Å². The van der Waals surface area contributed by atoms with Crippen molar-refractivity contribution in [3.05, 3.63) is 118 Å². The highest BCUT2D eigenvalue weighted by molar-refractivity contribution is 7.90. The summed E-state index contributed by atoms with van der Waals surface area (Å²) in [6, 6.07) is 23.9. The lowest BCUT2D eigenvalue weighted by Crippen LogP contribution is -2.61. The Hall–Kier alpha value is -5.61. The number of nitrogens with zero attached hydrogens (tertiary/aromatic N) is 7. The van der Waals surface area contributed by atoms with Gasteiger partial charge in [0.1, 0.15) is 5.52 Å². The molecule has 3 aromatic carbocycles. The van der Waals surface area contributed by atoms with Crippen molar-refractivity contribution in [1.29, 1.82) is 0 Å². The van der Waals surface area contributed by atoms with E-state index in [0.717, 1.165) is 40.8 Å². The molecule has 3 aromatic heterocycles. The van der Waals surface area contributed by atoms with Gasteiger partial charge < -0.3 is 29.3 Å². The zero-order chi connectivity index (χ0) is 42.8. The number of anilines is 1. The second-order valence-electron chi connectivity index (χ2n) is 17.0. The number of carbonyl (C=O) groups is 1. The minimum Gasteiger partial charge on any atom is -0.465 e. The predicted molar refractivity (Wildman–Crippen MR) is 233 cm³/mol. The summed E-state index contributed by atoms with van der Waals surface area (Å²) < 4.78 is 37.3. The fourth-order valence-electron chi connectivity index (χ4n) is 9.29. The Balaban J connectivity index is 1.15. The number of aromatic nitrogens is 4. The van der Waals surface area contributed by atoms with Crippen LogP contribution in [0.3, 0.4) is 0 Å². The summed E-state index contributed by atoms with van der Waals surface area (Å²) in [6.45, 7) is 8.10. The highest BCUT2D eigenvalue weighted by Crippen LogP contribution is 2.43. The van der Waals surface area contributed by atoms with Gasteiger partial charge in [0.15, 0.2) is 5.60 Å². The van der Waals surface area contributed by atoms with Crippen molar-refractivity contribution in [2.75, 3.05) is 37.7 Å². The number of amides is 1. The Morgan fingerprint density at radius 2 is 1.62 bits per heavy atom. The van der Waals surface area contributed by atoms with E-state index >= 15 is 0 Å². The maximum atomic E-state index is 14.0. The van der Waals surface area contributed by atoms with Crippen LogP contribution in [0.15, 0.2) is 101 Å². The van der Waals surface area contributed by atoms with Gasteiger partial charge in [-0.15, -0.1) is 0 Å². The van der Waals surface area contributed by atoms with E-state index in [1.54, 1.807) is 43.6 Å². The lowest BCUT2D eigenvalue weighted by molar-refractivity contribution is -0.0672. The number of rotatable bonds is 10. The maximum absolute atomic E-state index is 14.0. The molecular weight excluding hydrogens is 795 g/mol.